The second kappa shape index (κ2) is 7.73. The van der Waals surface area contributed by atoms with Crippen LogP contribution in [0.1, 0.15) is 27.8 Å². The van der Waals surface area contributed by atoms with E-state index >= 15 is 0 Å². The average Bonchev–Trinajstić information content (AvgIpc) is 3.19. The van der Waals surface area contributed by atoms with Gasteiger partial charge in [0.25, 0.3) is 0 Å². The van der Waals surface area contributed by atoms with Gasteiger partial charge in [0, 0.05) is 13.1 Å². The smallest absolute Gasteiger partial charge is 0.335 e. The lowest BCUT2D eigenvalue weighted by atomic mass is 10.1. The number of H-pyrrole nitrogens is 1. The van der Waals surface area contributed by atoms with Crippen molar-refractivity contribution in [3.63, 3.8) is 0 Å². The second-order valence-corrected chi connectivity index (χ2v) is 6.61. The summed E-state index contributed by atoms with van der Waals surface area (Å²) in [5, 5.41) is 9.04. The summed E-state index contributed by atoms with van der Waals surface area (Å²) in [5.41, 5.74) is 3.46. The number of nitrogens with zero attached hydrogens (tertiary/aromatic N) is 2. The van der Waals surface area contributed by atoms with Gasteiger partial charge in [-0.25, -0.2) is 9.78 Å². The Labute approximate surface area is 157 Å². The predicted molar refractivity (Wildman–Crippen MR) is 101 cm³/mol. The van der Waals surface area contributed by atoms with Crippen LogP contribution in [0.5, 0.6) is 0 Å². The third-order valence-corrected chi connectivity index (χ3v) is 4.82. The zero-order valence-electron chi connectivity index (χ0n) is 14.8. The number of aromatic amines is 1. The molecule has 138 valence electrons. The molecule has 6 nitrogen and oxygen atoms in total. The summed E-state index contributed by atoms with van der Waals surface area (Å²) in [6.45, 7) is 2.77. The van der Waals surface area contributed by atoms with Gasteiger partial charge in [-0.05, 0) is 23.3 Å². The van der Waals surface area contributed by atoms with Crippen LogP contribution in [0.25, 0.3) is 11.3 Å². The van der Waals surface area contributed by atoms with Crippen molar-refractivity contribution in [2.75, 3.05) is 19.8 Å². The van der Waals surface area contributed by atoms with Crippen LogP contribution >= 0.6 is 0 Å². The highest BCUT2D eigenvalue weighted by Crippen LogP contribution is 2.26. The summed E-state index contributed by atoms with van der Waals surface area (Å²) in [6.07, 6.45) is 1.86. The molecule has 2 heterocycles. The molecule has 3 aromatic rings. The van der Waals surface area contributed by atoms with Gasteiger partial charge in [-0.15, -0.1) is 0 Å². The number of rotatable bonds is 5. The van der Waals surface area contributed by atoms with E-state index in [9.17, 15) is 4.79 Å². The van der Waals surface area contributed by atoms with Crippen LogP contribution in [0.3, 0.4) is 0 Å². The largest absolute Gasteiger partial charge is 0.478 e. The van der Waals surface area contributed by atoms with E-state index in [0.29, 0.717) is 18.8 Å². The quantitative estimate of drug-likeness (QED) is 0.727. The fourth-order valence-corrected chi connectivity index (χ4v) is 3.34. The highest BCUT2D eigenvalue weighted by atomic mass is 16.5. The number of nitrogens with one attached hydrogen (secondary N) is 1. The molecular formula is C21H21N3O3. The van der Waals surface area contributed by atoms with Gasteiger partial charge in [-0.3, -0.25) is 4.90 Å². The van der Waals surface area contributed by atoms with E-state index < -0.39 is 5.97 Å². The fraction of sp³-hybridized carbons (Fsp3) is 0.238. The molecule has 27 heavy (non-hydrogen) atoms. The molecule has 1 aromatic heterocycles. The number of hydrogen-bond acceptors (Lipinski definition) is 4. The number of carbonyl (C=O) groups is 1. The van der Waals surface area contributed by atoms with Gasteiger partial charge in [0.15, 0.2) is 0 Å². The van der Waals surface area contributed by atoms with Crippen molar-refractivity contribution in [1.29, 1.82) is 0 Å². The number of imidazole rings is 1. The molecule has 4 rings (SSSR count). The molecule has 6 heteroatoms. The molecule has 0 spiro atoms. The molecule has 0 radical (unpaired) electrons. The van der Waals surface area contributed by atoms with Gasteiger partial charge >= 0.3 is 5.97 Å². The lowest BCUT2D eigenvalue weighted by Crippen LogP contribution is -2.39. The molecule has 1 atom stereocenters. The third kappa shape index (κ3) is 3.92. The van der Waals surface area contributed by atoms with Crippen molar-refractivity contribution in [1.82, 2.24) is 14.9 Å². The Morgan fingerprint density at radius 1 is 1.19 bits per heavy atom. The molecule has 2 aromatic carbocycles. The number of carboxylic acid groups (broad SMARTS) is 1. The van der Waals surface area contributed by atoms with E-state index in [0.717, 1.165) is 35.7 Å². The van der Waals surface area contributed by atoms with E-state index in [-0.39, 0.29) is 6.04 Å². The average molecular weight is 363 g/mol. The minimum absolute atomic E-state index is 0.0374. The number of aromatic nitrogens is 2. The highest BCUT2D eigenvalue weighted by molar-refractivity contribution is 5.87. The van der Waals surface area contributed by atoms with Gasteiger partial charge in [0.05, 0.1) is 36.7 Å². The van der Waals surface area contributed by atoms with E-state index in [1.807, 2.05) is 36.5 Å². The number of carboxylic acids is 1. The topological polar surface area (TPSA) is 78.4 Å². The lowest BCUT2D eigenvalue weighted by molar-refractivity contribution is -0.0156. The van der Waals surface area contributed by atoms with E-state index in [4.69, 9.17) is 9.84 Å². The first kappa shape index (κ1) is 17.5. The van der Waals surface area contributed by atoms with Crippen LogP contribution in [0.15, 0.2) is 60.8 Å². The summed E-state index contributed by atoms with van der Waals surface area (Å²) >= 11 is 0. The standard InChI is InChI=1S/C21H21N3O3/c25-21(26)17-8-6-15(7-9-17)13-24-10-11-27-14-19(24)20-22-12-18(23-20)16-4-2-1-3-5-16/h1-9,12,19H,10-11,13-14H2,(H,22,23)(H,25,26). The van der Waals surface area contributed by atoms with Crippen LogP contribution in [0.2, 0.25) is 0 Å². The third-order valence-electron chi connectivity index (χ3n) is 4.82. The van der Waals surface area contributed by atoms with Crippen LogP contribution in [0.4, 0.5) is 0 Å². The van der Waals surface area contributed by atoms with Crippen molar-refractivity contribution in [2.45, 2.75) is 12.6 Å². The molecular weight excluding hydrogens is 342 g/mol. The minimum atomic E-state index is -0.908. The molecule has 1 saturated heterocycles. The zero-order chi connectivity index (χ0) is 18.6. The first-order chi connectivity index (χ1) is 13.2. The van der Waals surface area contributed by atoms with Gasteiger partial charge in [-0.1, -0.05) is 42.5 Å². The van der Waals surface area contributed by atoms with Crippen molar-refractivity contribution in [2.24, 2.45) is 0 Å². The van der Waals surface area contributed by atoms with Gasteiger partial charge < -0.3 is 14.8 Å². The number of ether oxygens (including phenoxy) is 1. The summed E-state index contributed by atoms with van der Waals surface area (Å²) in [4.78, 5) is 21.4. The summed E-state index contributed by atoms with van der Waals surface area (Å²) < 4.78 is 5.69. The normalized spacial score (nSPS) is 17.7. The molecule has 0 saturated carbocycles. The van der Waals surface area contributed by atoms with E-state index in [1.165, 1.54) is 0 Å². The van der Waals surface area contributed by atoms with Gasteiger partial charge in [0.2, 0.25) is 0 Å². The summed E-state index contributed by atoms with van der Waals surface area (Å²) in [7, 11) is 0. The van der Waals surface area contributed by atoms with Gasteiger partial charge in [-0.2, -0.15) is 0 Å². The van der Waals surface area contributed by atoms with Crippen LogP contribution in [0, 0.1) is 0 Å². The maximum Gasteiger partial charge on any atom is 0.335 e. The Kier molecular flexibility index (Phi) is 5.00. The van der Waals surface area contributed by atoms with Crippen LogP contribution < -0.4 is 0 Å². The lowest BCUT2D eigenvalue weighted by Gasteiger charge is -2.34. The number of hydrogen-bond donors (Lipinski definition) is 2. The summed E-state index contributed by atoms with van der Waals surface area (Å²) in [6, 6.07) is 17.2. The fourth-order valence-electron chi connectivity index (χ4n) is 3.34. The second-order valence-electron chi connectivity index (χ2n) is 6.61. The van der Waals surface area contributed by atoms with Crippen LogP contribution in [-0.4, -0.2) is 45.7 Å². The molecule has 2 N–H and O–H groups in total. The van der Waals surface area contributed by atoms with Crippen molar-refractivity contribution in [3.8, 4) is 11.3 Å². The maximum atomic E-state index is 11.0. The summed E-state index contributed by atoms with van der Waals surface area (Å²) in [5.74, 6) is -0.0227. The Hall–Kier alpha value is -2.96. The maximum absolute atomic E-state index is 11.0. The van der Waals surface area contributed by atoms with Crippen molar-refractivity contribution >= 4 is 5.97 Å². The predicted octanol–water partition coefficient (Wildman–Crippen LogP) is 3.35. The Morgan fingerprint density at radius 2 is 1.96 bits per heavy atom. The van der Waals surface area contributed by atoms with Crippen LogP contribution in [-0.2, 0) is 11.3 Å². The number of benzene rings is 2. The molecule has 1 fully saturated rings. The SMILES string of the molecule is O=C(O)c1ccc(CN2CCOCC2c2ncc(-c3ccccc3)[nH]2)cc1. The number of morpholine rings is 1. The Bertz CT molecular complexity index is 906. The van der Waals surface area contributed by atoms with Crippen molar-refractivity contribution in [3.05, 3.63) is 77.7 Å². The molecule has 1 unspecified atom stereocenters. The van der Waals surface area contributed by atoms with Gasteiger partial charge in [0.1, 0.15) is 5.82 Å². The monoisotopic (exact) mass is 363 g/mol. The number of aromatic carboxylic acids is 1. The highest BCUT2D eigenvalue weighted by Gasteiger charge is 2.27. The molecule has 1 aliphatic heterocycles. The molecule has 0 amide bonds. The van der Waals surface area contributed by atoms with E-state index in [1.54, 1.807) is 12.1 Å². The first-order valence-electron chi connectivity index (χ1n) is 8.95. The Morgan fingerprint density at radius 3 is 2.70 bits per heavy atom. The Balaban J connectivity index is 1.52. The molecule has 0 bridgehead atoms. The van der Waals surface area contributed by atoms with E-state index in [2.05, 4.69) is 27.0 Å². The van der Waals surface area contributed by atoms with Crippen molar-refractivity contribution < 1.29 is 14.6 Å². The molecule has 0 aliphatic carbocycles. The minimum Gasteiger partial charge on any atom is -0.478 e. The first-order valence-corrected chi connectivity index (χ1v) is 8.95. The molecule has 1 aliphatic rings. The zero-order valence-corrected chi connectivity index (χ0v) is 14.8.